The van der Waals surface area contributed by atoms with E-state index in [0.717, 1.165) is 22.5 Å². The number of hydrazone groups is 1. The number of carbonyl (C=O) groups excluding carboxylic acids is 1. The van der Waals surface area contributed by atoms with Crippen LogP contribution in [0.1, 0.15) is 35.0 Å². The summed E-state index contributed by atoms with van der Waals surface area (Å²) >= 11 is 0. The highest BCUT2D eigenvalue weighted by atomic mass is 32.2. The van der Waals surface area contributed by atoms with Crippen molar-refractivity contribution in [2.45, 2.75) is 33.2 Å². The van der Waals surface area contributed by atoms with Crippen LogP contribution in [0.25, 0.3) is 0 Å². The predicted octanol–water partition coefficient (Wildman–Crippen LogP) is 1.70. The van der Waals surface area contributed by atoms with Gasteiger partial charge in [-0.25, -0.2) is 13.8 Å². The zero-order valence-corrected chi connectivity index (χ0v) is 17.0. The smallest absolute Gasteiger partial charge is 0.277 e. The number of carbonyl (C=O) groups is 1. The minimum Gasteiger partial charge on any atom is -0.484 e. The summed E-state index contributed by atoms with van der Waals surface area (Å²) in [6.45, 7) is 5.51. The highest BCUT2D eigenvalue weighted by molar-refractivity contribution is 7.91. The zero-order valence-electron chi connectivity index (χ0n) is 16.2. The van der Waals surface area contributed by atoms with Gasteiger partial charge in [-0.1, -0.05) is 12.1 Å². The summed E-state index contributed by atoms with van der Waals surface area (Å²) in [6.07, 6.45) is 2.09. The summed E-state index contributed by atoms with van der Waals surface area (Å²) in [5, 5.41) is 8.45. The molecule has 0 radical (unpaired) electrons. The van der Waals surface area contributed by atoms with E-state index in [-0.39, 0.29) is 30.1 Å². The van der Waals surface area contributed by atoms with Gasteiger partial charge in [-0.3, -0.25) is 9.48 Å². The van der Waals surface area contributed by atoms with Crippen molar-refractivity contribution in [1.29, 1.82) is 0 Å². The van der Waals surface area contributed by atoms with E-state index in [2.05, 4.69) is 15.6 Å². The normalized spacial score (nSPS) is 18.5. The fraction of sp³-hybridized carbons (Fsp3) is 0.421. The molecular formula is C19H24N4O4S. The Morgan fingerprint density at radius 1 is 1.39 bits per heavy atom. The van der Waals surface area contributed by atoms with Crippen molar-refractivity contribution in [3.8, 4) is 5.75 Å². The highest BCUT2D eigenvalue weighted by Crippen LogP contribution is 2.26. The molecule has 1 amide bonds. The molecule has 0 aliphatic carbocycles. The standard InChI is InChI=1S/C19H24N4O4S/c1-13-5-4-6-17(9-13)27-11-19(24)21-20-10-18-14(2)22-23(15(18)3)16-7-8-28(25,26)12-16/h4-6,9-10,16H,7-8,11-12H2,1-3H3,(H,21,24)/b20-10-/t16-/m1/s1. The molecule has 0 bridgehead atoms. The van der Waals surface area contributed by atoms with Gasteiger partial charge in [0.2, 0.25) is 0 Å². The number of nitrogens with zero attached hydrogens (tertiary/aromatic N) is 3. The third-order valence-electron chi connectivity index (χ3n) is 4.68. The number of hydrogen-bond acceptors (Lipinski definition) is 6. The third kappa shape index (κ3) is 4.78. The number of aromatic nitrogens is 2. The summed E-state index contributed by atoms with van der Waals surface area (Å²) in [7, 11) is -2.99. The SMILES string of the molecule is Cc1cccc(OCC(=O)N/N=C\c2c(C)nn([C@@H]3CCS(=O)(=O)C3)c2C)c1. The van der Waals surface area contributed by atoms with Crippen LogP contribution < -0.4 is 10.2 Å². The highest BCUT2D eigenvalue weighted by Gasteiger charge is 2.31. The fourth-order valence-corrected chi connectivity index (χ4v) is 4.93. The van der Waals surface area contributed by atoms with Crippen LogP contribution in [0.5, 0.6) is 5.75 Å². The molecule has 1 fully saturated rings. The van der Waals surface area contributed by atoms with Gasteiger partial charge in [0.1, 0.15) is 5.75 Å². The minimum atomic E-state index is -2.99. The number of sulfone groups is 1. The molecule has 3 rings (SSSR count). The molecule has 1 aromatic heterocycles. The van der Waals surface area contributed by atoms with E-state index in [1.807, 2.05) is 39.0 Å². The fourth-order valence-electron chi connectivity index (χ4n) is 3.24. The number of benzene rings is 1. The van der Waals surface area contributed by atoms with Gasteiger partial charge in [-0.05, 0) is 44.9 Å². The van der Waals surface area contributed by atoms with Crippen molar-refractivity contribution >= 4 is 22.0 Å². The lowest BCUT2D eigenvalue weighted by molar-refractivity contribution is -0.123. The third-order valence-corrected chi connectivity index (χ3v) is 6.43. The molecule has 1 aromatic carbocycles. The Kier molecular flexibility index (Phi) is 5.83. The number of amides is 1. The number of aryl methyl sites for hydroxylation is 2. The van der Waals surface area contributed by atoms with Crippen molar-refractivity contribution < 1.29 is 17.9 Å². The van der Waals surface area contributed by atoms with E-state index < -0.39 is 9.84 Å². The van der Waals surface area contributed by atoms with Gasteiger partial charge >= 0.3 is 0 Å². The van der Waals surface area contributed by atoms with Crippen molar-refractivity contribution in [3.05, 3.63) is 46.8 Å². The minimum absolute atomic E-state index is 0.110. The monoisotopic (exact) mass is 404 g/mol. The molecule has 150 valence electrons. The number of nitrogens with one attached hydrogen (secondary N) is 1. The first-order chi connectivity index (χ1) is 13.2. The maximum Gasteiger partial charge on any atom is 0.277 e. The Morgan fingerprint density at radius 2 is 2.18 bits per heavy atom. The van der Waals surface area contributed by atoms with Gasteiger partial charge < -0.3 is 4.74 Å². The molecule has 0 unspecified atom stereocenters. The molecule has 1 aliphatic heterocycles. The van der Waals surface area contributed by atoms with Gasteiger partial charge in [-0.15, -0.1) is 0 Å². The van der Waals surface area contributed by atoms with Crippen LogP contribution >= 0.6 is 0 Å². The first-order valence-electron chi connectivity index (χ1n) is 9.02. The molecule has 1 saturated heterocycles. The van der Waals surface area contributed by atoms with Gasteiger partial charge in [-0.2, -0.15) is 10.2 Å². The second kappa shape index (κ2) is 8.14. The summed E-state index contributed by atoms with van der Waals surface area (Å²) in [5.74, 6) is 0.551. The Bertz CT molecular complexity index is 1010. The maximum atomic E-state index is 11.9. The topological polar surface area (TPSA) is 103 Å². The first-order valence-corrected chi connectivity index (χ1v) is 10.8. The number of ether oxygens (including phenoxy) is 1. The molecule has 2 aromatic rings. The zero-order chi connectivity index (χ0) is 20.3. The molecule has 8 nitrogen and oxygen atoms in total. The molecule has 1 atom stereocenters. The van der Waals surface area contributed by atoms with Crippen molar-refractivity contribution in [1.82, 2.24) is 15.2 Å². The molecule has 1 N–H and O–H groups in total. The van der Waals surface area contributed by atoms with Gasteiger partial charge in [0.25, 0.3) is 5.91 Å². The lowest BCUT2D eigenvalue weighted by Gasteiger charge is -2.10. The van der Waals surface area contributed by atoms with Crippen LogP contribution in [0.15, 0.2) is 29.4 Å². The van der Waals surface area contributed by atoms with E-state index in [1.165, 1.54) is 6.21 Å². The summed E-state index contributed by atoms with van der Waals surface area (Å²) in [4.78, 5) is 11.9. The van der Waals surface area contributed by atoms with Crippen molar-refractivity contribution in [3.63, 3.8) is 0 Å². The van der Waals surface area contributed by atoms with Gasteiger partial charge in [0.15, 0.2) is 16.4 Å². The molecule has 28 heavy (non-hydrogen) atoms. The van der Waals surface area contributed by atoms with Crippen molar-refractivity contribution in [2.24, 2.45) is 5.10 Å². The van der Waals surface area contributed by atoms with Crippen LogP contribution in [-0.2, 0) is 14.6 Å². The lowest BCUT2D eigenvalue weighted by atomic mass is 10.2. The maximum absolute atomic E-state index is 11.9. The van der Waals surface area contributed by atoms with Crippen LogP contribution in [-0.4, -0.2) is 48.4 Å². The van der Waals surface area contributed by atoms with E-state index >= 15 is 0 Å². The first kappa shape index (κ1) is 20.1. The number of rotatable bonds is 6. The second-order valence-electron chi connectivity index (χ2n) is 6.98. The summed E-state index contributed by atoms with van der Waals surface area (Å²) < 4.78 is 30.6. The van der Waals surface area contributed by atoms with Gasteiger partial charge in [0.05, 0.1) is 29.5 Å². The van der Waals surface area contributed by atoms with Gasteiger partial charge in [0, 0.05) is 11.3 Å². The molecule has 0 saturated carbocycles. The Morgan fingerprint density at radius 3 is 2.86 bits per heavy atom. The average molecular weight is 404 g/mol. The molecule has 9 heteroatoms. The predicted molar refractivity (Wildman–Crippen MR) is 106 cm³/mol. The number of hydrogen-bond donors (Lipinski definition) is 1. The van der Waals surface area contributed by atoms with Crippen LogP contribution in [0.4, 0.5) is 0 Å². The lowest BCUT2D eigenvalue weighted by Crippen LogP contribution is -2.24. The van der Waals surface area contributed by atoms with E-state index in [9.17, 15) is 13.2 Å². The Balaban J connectivity index is 1.59. The van der Waals surface area contributed by atoms with E-state index in [4.69, 9.17) is 4.74 Å². The van der Waals surface area contributed by atoms with Crippen molar-refractivity contribution in [2.75, 3.05) is 18.1 Å². The van der Waals surface area contributed by atoms with E-state index in [0.29, 0.717) is 12.2 Å². The quantitative estimate of drug-likeness (QED) is 0.583. The van der Waals surface area contributed by atoms with E-state index in [1.54, 1.807) is 10.7 Å². The Hall–Kier alpha value is -2.68. The molecule has 1 aliphatic rings. The largest absolute Gasteiger partial charge is 0.484 e. The molecule has 0 spiro atoms. The van der Waals surface area contributed by atoms with Crippen LogP contribution in [0, 0.1) is 20.8 Å². The second-order valence-corrected chi connectivity index (χ2v) is 9.21. The molecule has 2 heterocycles. The molecular weight excluding hydrogens is 380 g/mol. The van der Waals surface area contributed by atoms with Crippen LogP contribution in [0.3, 0.4) is 0 Å². The van der Waals surface area contributed by atoms with Crippen LogP contribution in [0.2, 0.25) is 0 Å². The average Bonchev–Trinajstić information content (AvgIpc) is 3.13. The summed E-state index contributed by atoms with van der Waals surface area (Å²) in [5.41, 5.74) is 5.81. The Labute approximate surface area is 164 Å². The summed E-state index contributed by atoms with van der Waals surface area (Å²) in [6, 6.07) is 7.29.